The topological polar surface area (TPSA) is 98.0 Å². The lowest BCUT2D eigenvalue weighted by molar-refractivity contribution is -0.143. The highest BCUT2D eigenvalue weighted by Crippen LogP contribution is 2.50. The zero-order chi connectivity index (χ0) is 21.8. The summed E-state index contributed by atoms with van der Waals surface area (Å²) in [6.45, 7) is 2.36. The third kappa shape index (κ3) is 5.83. The van der Waals surface area contributed by atoms with E-state index in [9.17, 15) is 25.2 Å². The van der Waals surface area contributed by atoms with Gasteiger partial charge in [0.1, 0.15) is 0 Å². The Kier molecular flexibility index (Phi) is 7.20. The van der Waals surface area contributed by atoms with Crippen molar-refractivity contribution in [2.24, 2.45) is 10.8 Å². The number of carboxylic acids is 1. The molecule has 2 saturated carbocycles. The molecule has 0 radical (unpaired) electrons. The average molecular weight is 419 g/mol. The van der Waals surface area contributed by atoms with E-state index in [2.05, 4.69) is 6.92 Å². The van der Waals surface area contributed by atoms with Crippen molar-refractivity contribution in [2.45, 2.75) is 103 Å². The van der Waals surface area contributed by atoms with Gasteiger partial charge in [-0.05, 0) is 81.3 Å². The number of phenols is 3. The fourth-order valence-electron chi connectivity index (χ4n) is 4.59. The minimum atomic E-state index is -0.663. The molecular weight excluding hydrogens is 380 g/mol. The maximum absolute atomic E-state index is 11.3. The first-order chi connectivity index (χ1) is 14.3. The van der Waals surface area contributed by atoms with Crippen LogP contribution in [0.4, 0.5) is 0 Å². The van der Waals surface area contributed by atoms with Crippen molar-refractivity contribution in [2.75, 3.05) is 0 Å². The Labute approximate surface area is 180 Å². The Morgan fingerprint density at radius 1 is 0.833 bits per heavy atom. The van der Waals surface area contributed by atoms with E-state index < -0.39 is 17.1 Å². The second kappa shape index (κ2) is 9.49. The molecule has 3 rings (SSSR count). The highest BCUT2D eigenvalue weighted by molar-refractivity contribution is 5.77. The molecule has 0 aromatic heterocycles. The van der Waals surface area contributed by atoms with E-state index in [1.807, 2.05) is 0 Å². The van der Waals surface area contributed by atoms with Crippen LogP contribution in [0.2, 0.25) is 0 Å². The molecule has 1 aromatic rings. The van der Waals surface area contributed by atoms with Crippen LogP contribution in [0.3, 0.4) is 0 Å². The summed E-state index contributed by atoms with van der Waals surface area (Å²) in [5.74, 6) is -1.54. The van der Waals surface area contributed by atoms with Gasteiger partial charge < -0.3 is 20.4 Å². The lowest BCUT2D eigenvalue weighted by Crippen LogP contribution is -2.14. The first kappa shape index (κ1) is 22.8. The predicted octanol–water partition coefficient (Wildman–Crippen LogP) is 6.06. The summed E-state index contributed by atoms with van der Waals surface area (Å²) in [4.78, 5) is 11.3. The van der Waals surface area contributed by atoms with Gasteiger partial charge in [-0.15, -0.1) is 0 Å². The van der Waals surface area contributed by atoms with Crippen LogP contribution in [0, 0.1) is 10.8 Å². The Bertz CT molecular complexity index is 746. The summed E-state index contributed by atoms with van der Waals surface area (Å²) in [5.41, 5.74) is 1.80. The lowest BCUT2D eigenvalue weighted by atomic mass is 9.93. The third-order valence-electron chi connectivity index (χ3n) is 7.42. The molecule has 168 valence electrons. The number of hydrogen-bond donors (Lipinski definition) is 4. The number of unbranched alkanes of at least 4 members (excludes halogenated alkanes) is 5. The summed E-state index contributed by atoms with van der Waals surface area (Å²) in [7, 11) is 0. The minimum Gasteiger partial charge on any atom is -0.504 e. The van der Waals surface area contributed by atoms with Crippen molar-refractivity contribution in [3.8, 4) is 17.2 Å². The molecule has 0 unspecified atom stereocenters. The number of aryl methyl sites for hydroxylation is 1. The van der Waals surface area contributed by atoms with Crippen molar-refractivity contribution in [1.29, 1.82) is 0 Å². The van der Waals surface area contributed by atoms with Crippen molar-refractivity contribution >= 4 is 5.97 Å². The van der Waals surface area contributed by atoms with Gasteiger partial charge in [0.15, 0.2) is 11.5 Å². The van der Waals surface area contributed by atoms with Crippen LogP contribution in [0.15, 0.2) is 6.07 Å². The molecular formula is C25H38O5. The van der Waals surface area contributed by atoms with E-state index in [-0.39, 0.29) is 11.5 Å². The van der Waals surface area contributed by atoms with Gasteiger partial charge in [0.05, 0.1) is 5.41 Å². The van der Waals surface area contributed by atoms with Gasteiger partial charge in [-0.1, -0.05) is 39.0 Å². The zero-order valence-corrected chi connectivity index (χ0v) is 18.4. The monoisotopic (exact) mass is 418 g/mol. The SMILES string of the molecule is CC1(CCCCCCc2c(CCCCCC3(C(=O)O)CC3)cc(O)c(O)c2O)CC1. The van der Waals surface area contributed by atoms with Crippen LogP contribution in [0.5, 0.6) is 17.2 Å². The largest absolute Gasteiger partial charge is 0.504 e. The minimum absolute atomic E-state index is 0.182. The van der Waals surface area contributed by atoms with Crippen molar-refractivity contribution < 1.29 is 25.2 Å². The van der Waals surface area contributed by atoms with Gasteiger partial charge in [-0.3, -0.25) is 4.79 Å². The Morgan fingerprint density at radius 3 is 2.07 bits per heavy atom. The first-order valence-electron chi connectivity index (χ1n) is 11.8. The quantitative estimate of drug-likeness (QED) is 0.217. The second-order valence-electron chi connectivity index (χ2n) is 10.1. The van der Waals surface area contributed by atoms with Crippen molar-refractivity contribution in [3.05, 3.63) is 17.2 Å². The molecule has 0 spiro atoms. The summed E-state index contributed by atoms with van der Waals surface area (Å²) >= 11 is 0. The Balaban J connectivity index is 1.44. The Morgan fingerprint density at radius 2 is 1.43 bits per heavy atom. The Hall–Kier alpha value is -1.91. The van der Waals surface area contributed by atoms with Crippen LogP contribution in [0.1, 0.15) is 102 Å². The molecule has 0 heterocycles. The number of hydrogen-bond acceptors (Lipinski definition) is 4. The van der Waals surface area contributed by atoms with Crippen molar-refractivity contribution in [1.82, 2.24) is 0 Å². The highest BCUT2D eigenvalue weighted by atomic mass is 16.4. The van der Waals surface area contributed by atoms with Crippen LogP contribution < -0.4 is 0 Å². The number of carbonyl (C=O) groups is 1. The molecule has 1 aromatic carbocycles. The van der Waals surface area contributed by atoms with E-state index >= 15 is 0 Å². The number of benzene rings is 1. The smallest absolute Gasteiger partial charge is 0.309 e. The van der Waals surface area contributed by atoms with Crippen LogP contribution in [-0.4, -0.2) is 26.4 Å². The first-order valence-corrected chi connectivity index (χ1v) is 11.8. The average Bonchev–Trinajstić information content (AvgIpc) is 3.62. The molecule has 30 heavy (non-hydrogen) atoms. The standard InChI is InChI=1S/C25H38O5/c1-24(13-14-24)11-7-3-2-6-10-19-18(17-20(26)22(28)21(19)27)9-5-4-8-12-25(15-16-25)23(29)30/h17,26-28H,2-16H2,1H3,(H,29,30). The molecule has 2 aliphatic carbocycles. The van der Waals surface area contributed by atoms with E-state index in [1.165, 1.54) is 32.1 Å². The van der Waals surface area contributed by atoms with Gasteiger partial charge in [0, 0.05) is 5.56 Å². The van der Waals surface area contributed by atoms with Gasteiger partial charge in [0.25, 0.3) is 0 Å². The molecule has 4 N–H and O–H groups in total. The van der Waals surface area contributed by atoms with Gasteiger partial charge in [-0.25, -0.2) is 0 Å². The van der Waals surface area contributed by atoms with Gasteiger partial charge in [-0.2, -0.15) is 0 Å². The molecule has 0 aliphatic heterocycles. The van der Waals surface area contributed by atoms with Gasteiger partial charge >= 0.3 is 5.97 Å². The van der Waals surface area contributed by atoms with Crippen molar-refractivity contribution in [3.63, 3.8) is 0 Å². The fraction of sp³-hybridized carbons (Fsp3) is 0.720. The zero-order valence-electron chi connectivity index (χ0n) is 18.4. The summed E-state index contributed by atoms with van der Waals surface area (Å²) in [5, 5.41) is 39.5. The number of carboxylic acid groups (broad SMARTS) is 1. The number of aliphatic carboxylic acids is 1. The van der Waals surface area contributed by atoms with Crippen LogP contribution in [0.25, 0.3) is 0 Å². The third-order valence-corrected chi connectivity index (χ3v) is 7.42. The summed E-state index contributed by atoms with van der Waals surface area (Å²) in [6.07, 6.45) is 15.0. The fourth-order valence-corrected chi connectivity index (χ4v) is 4.59. The van der Waals surface area contributed by atoms with Gasteiger partial charge in [0.2, 0.25) is 5.75 Å². The van der Waals surface area contributed by atoms with E-state index in [0.717, 1.165) is 68.9 Å². The number of rotatable bonds is 14. The van der Waals surface area contributed by atoms with Crippen LogP contribution in [-0.2, 0) is 17.6 Å². The molecule has 0 amide bonds. The molecule has 0 atom stereocenters. The molecule has 0 bridgehead atoms. The number of aromatic hydroxyl groups is 3. The highest BCUT2D eigenvalue weighted by Gasteiger charge is 2.49. The molecule has 5 nitrogen and oxygen atoms in total. The van der Waals surface area contributed by atoms with Crippen LogP contribution >= 0.6 is 0 Å². The summed E-state index contributed by atoms with van der Waals surface area (Å²) in [6, 6.07) is 1.58. The second-order valence-corrected chi connectivity index (χ2v) is 10.1. The molecule has 5 heteroatoms. The van der Waals surface area contributed by atoms with E-state index in [0.29, 0.717) is 11.8 Å². The maximum atomic E-state index is 11.3. The molecule has 0 saturated heterocycles. The number of phenolic OH excluding ortho intramolecular Hbond substituents is 3. The maximum Gasteiger partial charge on any atom is 0.309 e. The van der Waals surface area contributed by atoms with E-state index in [1.54, 1.807) is 6.07 Å². The summed E-state index contributed by atoms with van der Waals surface area (Å²) < 4.78 is 0. The van der Waals surface area contributed by atoms with E-state index in [4.69, 9.17) is 0 Å². The molecule has 2 fully saturated rings. The normalized spacial score (nSPS) is 18.3. The molecule has 2 aliphatic rings. The lowest BCUT2D eigenvalue weighted by Gasteiger charge is -2.15. The predicted molar refractivity (Wildman–Crippen MR) is 117 cm³/mol.